The van der Waals surface area contributed by atoms with Gasteiger partial charge in [-0.1, -0.05) is 32.0 Å². The molecule has 0 aromatic heterocycles. The molecule has 160 valence electrons. The fraction of sp³-hybridized carbons (Fsp3) is 0.348. The SMILES string of the molecule is COc1ccc(C(=O)N[C@H](C(=O)O[C@H](C)C(=O)N(C)c2ccccc2)C(C)C)cc1. The number of rotatable bonds is 8. The molecule has 2 rings (SSSR count). The second-order valence-corrected chi connectivity index (χ2v) is 7.24. The molecule has 7 heteroatoms. The minimum atomic E-state index is -0.998. The van der Waals surface area contributed by atoms with Crippen molar-refractivity contribution in [2.75, 3.05) is 19.1 Å². The molecule has 0 spiro atoms. The number of carbonyl (C=O) groups is 3. The van der Waals surface area contributed by atoms with Crippen LogP contribution in [0.15, 0.2) is 54.6 Å². The Morgan fingerprint density at radius 2 is 1.53 bits per heavy atom. The highest BCUT2D eigenvalue weighted by molar-refractivity contribution is 5.99. The van der Waals surface area contributed by atoms with Crippen LogP contribution >= 0.6 is 0 Å². The van der Waals surface area contributed by atoms with Gasteiger partial charge in [0.2, 0.25) is 0 Å². The average Bonchev–Trinajstić information content (AvgIpc) is 2.76. The van der Waals surface area contributed by atoms with E-state index < -0.39 is 24.0 Å². The van der Waals surface area contributed by atoms with E-state index in [1.54, 1.807) is 57.3 Å². The lowest BCUT2D eigenvalue weighted by Crippen LogP contribution is -2.48. The van der Waals surface area contributed by atoms with Gasteiger partial charge in [0, 0.05) is 18.3 Å². The number of likely N-dealkylation sites (N-methyl/N-ethyl adjacent to an activating group) is 1. The van der Waals surface area contributed by atoms with Gasteiger partial charge in [0.25, 0.3) is 11.8 Å². The number of benzene rings is 2. The maximum Gasteiger partial charge on any atom is 0.329 e. The number of carbonyl (C=O) groups excluding carboxylic acids is 3. The van der Waals surface area contributed by atoms with Crippen LogP contribution < -0.4 is 15.0 Å². The van der Waals surface area contributed by atoms with Gasteiger partial charge in [-0.3, -0.25) is 9.59 Å². The van der Waals surface area contributed by atoms with Crippen molar-refractivity contribution in [3.63, 3.8) is 0 Å². The fourth-order valence-electron chi connectivity index (χ4n) is 2.81. The summed E-state index contributed by atoms with van der Waals surface area (Å²) in [5.41, 5.74) is 1.08. The molecule has 2 amide bonds. The first-order chi connectivity index (χ1) is 14.2. The molecule has 2 aromatic rings. The van der Waals surface area contributed by atoms with Crippen LogP contribution in [0.3, 0.4) is 0 Å². The van der Waals surface area contributed by atoms with Gasteiger partial charge in [0.1, 0.15) is 11.8 Å². The molecule has 2 aromatic carbocycles. The Morgan fingerprint density at radius 3 is 2.07 bits per heavy atom. The second kappa shape index (κ2) is 10.4. The lowest BCUT2D eigenvalue weighted by molar-refractivity contribution is -0.156. The first-order valence-corrected chi connectivity index (χ1v) is 9.72. The number of esters is 1. The number of hydrogen-bond donors (Lipinski definition) is 1. The predicted octanol–water partition coefficient (Wildman–Crippen LogP) is 3.04. The van der Waals surface area contributed by atoms with Crippen molar-refractivity contribution in [1.82, 2.24) is 5.32 Å². The Labute approximate surface area is 177 Å². The van der Waals surface area contributed by atoms with Crippen molar-refractivity contribution in [2.45, 2.75) is 32.9 Å². The van der Waals surface area contributed by atoms with Crippen LogP contribution in [0.4, 0.5) is 5.69 Å². The third-order valence-corrected chi connectivity index (χ3v) is 4.67. The summed E-state index contributed by atoms with van der Waals surface area (Å²) in [7, 11) is 3.16. The highest BCUT2D eigenvalue weighted by Crippen LogP contribution is 2.15. The molecule has 0 saturated heterocycles. The standard InChI is InChI=1S/C23H28N2O5/c1-15(2)20(24-21(26)17-11-13-19(29-5)14-12-17)23(28)30-16(3)22(27)25(4)18-9-7-6-8-10-18/h6-16,20H,1-5H3,(H,24,26)/t16-,20+/m1/s1. The van der Waals surface area contributed by atoms with E-state index in [1.165, 1.54) is 18.9 Å². The molecule has 0 bridgehead atoms. The quantitative estimate of drug-likeness (QED) is 0.674. The summed E-state index contributed by atoms with van der Waals surface area (Å²) in [6.45, 7) is 5.11. The molecule has 0 radical (unpaired) electrons. The minimum Gasteiger partial charge on any atom is -0.497 e. The summed E-state index contributed by atoms with van der Waals surface area (Å²) < 4.78 is 10.5. The summed E-state index contributed by atoms with van der Waals surface area (Å²) in [5, 5.41) is 2.70. The Balaban J connectivity index is 2.03. The predicted molar refractivity (Wildman–Crippen MR) is 114 cm³/mol. The molecule has 0 aliphatic heterocycles. The number of para-hydroxylation sites is 1. The number of nitrogens with one attached hydrogen (secondary N) is 1. The molecule has 0 aliphatic carbocycles. The Morgan fingerprint density at radius 1 is 0.933 bits per heavy atom. The highest BCUT2D eigenvalue weighted by atomic mass is 16.5. The van der Waals surface area contributed by atoms with Crippen LogP contribution in [0.25, 0.3) is 0 Å². The van der Waals surface area contributed by atoms with Gasteiger partial charge in [0.05, 0.1) is 7.11 Å². The topological polar surface area (TPSA) is 84.9 Å². The number of methoxy groups -OCH3 is 1. The van der Waals surface area contributed by atoms with Crippen LogP contribution in [0.2, 0.25) is 0 Å². The Hall–Kier alpha value is -3.35. The van der Waals surface area contributed by atoms with Gasteiger partial charge in [-0.2, -0.15) is 0 Å². The number of nitrogens with zero attached hydrogens (tertiary/aromatic N) is 1. The van der Waals surface area contributed by atoms with Gasteiger partial charge < -0.3 is 19.7 Å². The zero-order valence-corrected chi connectivity index (χ0v) is 17.9. The van der Waals surface area contributed by atoms with Crippen molar-refractivity contribution < 1.29 is 23.9 Å². The van der Waals surface area contributed by atoms with Gasteiger partial charge in [-0.25, -0.2) is 4.79 Å². The average molecular weight is 412 g/mol. The van der Waals surface area contributed by atoms with Gasteiger partial charge in [-0.05, 0) is 49.2 Å². The van der Waals surface area contributed by atoms with Gasteiger partial charge in [0.15, 0.2) is 6.10 Å². The molecule has 1 N–H and O–H groups in total. The number of amides is 2. The van der Waals surface area contributed by atoms with E-state index in [1.807, 2.05) is 18.2 Å². The number of hydrogen-bond acceptors (Lipinski definition) is 5. The second-order valence-electron chi connectivity index (χ2n) is 7.24. The van der Waals surface area contributed by atoms with Crippen molar-refractivity contribution in [3.05, 3.63) is 60.2 Å². The molecule has 0 unspecified atom stereocenters. The summed E-state index contributed by atoms with van der Waals surface area (Å²) in [6, 6.07) is 14.7. The lowest BCUT2D eigenvalue weighted by Gasteiger charge is -2.25. The third-order valence-electron chi connectivity index (χ3n) is 4.67. The monoisotopic (exact) mass is 412 g/mol. The summed E-state index contributed by atoms with van der Waals surface area (Å²) in [4.78, 5) is 39.3. The maximum atomic E-state index is 12.7. The Kier molecular flexibility index (Phi) is 7.98. The van der Waals surface area contributed by atoms with Crippen molar-refractivity contribution in [3.8, 4) is 5.75 Å². The molecule has 0 aliphatic rings. The van der Waals surface area contributed by atoms with Gasteiger partial charge in [-0.15, -0.1) is 0 Å². The summed E-state index contributed by atoms with van der Waals surface area (Å²) >= 11 is 0. The molecular formula is C23H28N2O5. The van der Waals surface area contributed by atoms with Gasteiger partial charge >= 0.3 is 5.97 Å². The molecule has 30 heavy (non-hydrogen) atoms. The van der Waals surface area contributed by atoms with Crippen LogP contribution in [-0.4, -0.2) is 44.1 Å². The van der Waals surface area contributed by atoms with Crippen LogP contribution in [0, 0.1) is 5.92 Å². The first kappa shape index (κ1) is 22.9. The first-order valence-electron chi connectivity index (χ1n) is 9.72. The van der Waals surface area contributed by atoms with E-state index in [4.69, 9.17) is 9.47 Å². The van der Waals surface area contributed by atoms with E-state index >= 15 is 0 Å². The zero-order chi connectivity index (χ0) is 22.3. The molecule has 0 saturated carbocycles. The summed E-state index contributed by atoms with van der Waals surface area (Å²) in [6.07, 6.45) is -0.998. The highest BCUT2D eigenvalue weighted by Gasteiger charge is 2.30. The normalized spacial score (nSPS) is 12.6. The lowest BCUT2D eigenvalue weighted by atomic mass is 10.0. The molecule has 0 fully saturated rings. The van der Waals surface area contributed by atoms with Crippen LogP contribution in [0.1, 0.15) is 31.1 Å². The van der Waals surface area contributed by atoms with E-state index in [2.05, 4.69) is 5.32 Å². The minimum absolute atomic E-state index is 0.228. The van der Waals surface area contributed by atoms with E-state index in [9.17, 15) is 14.4 Å². The number of ether oxygens (including phenoxy) is 2. The Bertz CT molecular complexity index is 865. The van der Waals surface area contributed by atoms with E-state index in [-0.39, 0.29) is 11.8 Å². The zero-order valence-electron chi connectivity index (χ0n) is 17.9. The van der Waals surface area contributed by atoms with Crippen molar-refractivity contribution in [1.29, 1.82) is 0 Å². The number of anilines is 1. The third kappa shape index (κ3) is 5.83. The van der Waals surface area contributed by atoms with Crippen molar-refractivity contribution >= 4 is 23.5 Å². The van der Waals surface area contributed by atoms with Crippen molar-refractivity contribution in [2.24, 2.45) is 5.92 Å². The van der Waals surface area contributed by atoms with Crippen LogP contribution in [-0.2, 0) is 14.3 Å². The maximum absolute atomic E-state index is 12.7. The molecule has 0 heterocycles. The van der Waals surface area contributed by atoms with E-state index in [0.717, 1.165) is 0 Å². The molecule has 7 nitrogen and oxygen atoms in total. The van der Waals surface area contributed by atoms with Crippen LogP contribution in [0.5, 0.6) is 5.75 Å². The largest absolute Gasteiger partial charge is 0.497 e. The molecular weight excluding hydrogens is 384 g/mol. The molecule has 2 atom stereocenters. The smallest absolute Gasteiger partial charge is 0.329 e. The van der Waals surface area contributed by atoms with E-state index in [0.29, 0.717) is 17.0 Å². The fourth-order valence-corrected chi connectivity index (χ4v) is 2.81. The summed E-state index contributed by atoms with van der Waals surface area (Å²) in [5.74, 6) is -1.03.